The molecule has 1 atom stereocenters. The Hall–Kier alpha value is -1.16. The maximum absolute atomic E-state index is 10.7. The van der Waals surface area contributed by atoms with Crippen LogP contribution in [-0.2, 0) is 4.79 Å². The summed E-state index contributed by atoms with van der Waals surface area (Å²) in [6.45, 7) is 9.24. The van der Waals surface area contributed by atoms with E-state index >= 15 is 0 Å². The first kappa shape index (κ1) is 14.8. The average molecular weight is 226 g/mol. The maximum atomic E-state index is 10.7. The lowest BCUT2D eigenvalue weighted by Crippen LogP contribution is -2.25. The van der Waals surface area contributed by atoms with Gasteiger partial charge in [0, 0.05) is 19.2 Å². The van der Waals surface area contributed by atoms with Crippen LogP contribution in [-0.4, -0.2) is 23.5 Å². The van der Waals surface area contributed by atoms with Gasteiger partial charge in [-0.05, 0) is 32.1 Å². The number of nitrogens with zero attached hydrogens (tertiary/aromatic N) is 1. The highest BCUT2D eigenvalue weighted by molar-refractivity contribution is 5.96. The van der Waals surface area contributed by atoms with Crippen LogP contribution in [0.15, 0.2) is 17.3 Å². The molecule has 0 radical (unpaired) electrons. The molecule has 16 heavy (non-hydrogen) atoms. The van der Waals surface area contributed by atoms with Gasteiger partial charge in [-0.2, -0.15) is 0 Å². The van der Waals surface area contributed by atoms with E-state index in [2.05, 4.69) is 16.9 Å². The molecule has 0 heterocycles. The Labute approximate surface area is 97.5 Å². The van der Waals surface area contributed by atoms with Gasteiger partial charge in [-0.1, -0.05) is 13.5 Å². The molecule has 0 aliphatic carbocycles. The summed E-state index contributed by atoms with van der Waals surface area (Å²) in [6.07, 6.45) is 2.71. The molecule has 0 saturated heterocycles. The molecule has 0 saturated carbocycles. The van der Waals surface area contributed by atoms with Crippen LogP contribution in [0.1, 0.15) is 40.0 Å². The van der Waals surface area contributed by atoms with Gasteiger partial charge in [-0.25, -0.2) is 4.99 Å². The highest BCUT2D eigenvalue weighted by Gasteiger charge is 2.01. The Morgan fingerprint density at radius 3 is 2.62 bits per heavy atom. The molecule has 0 aliphatic rings. The number of carbonyl (C=O) groups excluding carboxylic acids is 1. The molecule has 1 amide bonds. The number of amides is 1. The molecule has 0 bridgehead atoms. The molecule has 0 rings (SSSR count). The standard InChI is InChI=1S/C12H22N2O2/c1-9(8-15)6-5-7-10(2)13-11(3)14-12(4)16/h9,15H,2,5-8H2,1,3-4H3,(H,13,14,16). The molecule has 0 fully saturated rings. The minimum Gasteiger partial charge on any atom is -0.396 e. The minimum atomic E-state index is -0.122. The van der Waals surface area contributed by atoms with Crippen LogP contribution < -0.4 is 5.32 Å². The van der Waals surface area contributed by atoms with Gasteiger partial charge in [0.2, 0.25) is 5.91 Å². The summed E-state index contributed by atoms with van der Waals surface area (Å²) in [5.74, 6) is 0.781. The lowest BCUT2D eigenvalue weighted by molar-refractivity contribution is -0.117. The third-order valence-electron chi connectivity index (χ3n) is 2.16. The van der Waals surface area contributed by atoms with Crippen LogP contribution in [0, 0.1) is 5.92 Å². The topological polar surface area (TPSA) is 61.7 Å². The average Bonchev–Trinajstić information content (AvgIpc) is 2.15. The number of aliphatic hydroxyl groups excluding tert-OH is 1. The van der Waals surface area contributed by atoms with Crippen molar-refractivity contribution in [3.05, 3.63) is 12.3 Å². The van der Waals surface area contributed by atoms with E-state index in [9.17, 15) is 4.79 Å². The molecule has 92 valence electrons. The summed E-state index contributed by atoms with van der Waals surface area (Å²) < 4.78 is 0. The minimum absolute atomic E-state index is 0.122. The number of hydrogen-bond acceptors (Lipinski definition) is 3. The van der Waals surface area contributed by atoms with Crippen molar-refractivity contribution in [3.8, 4) is 0 Å². The second-order valence-corrected chi connectivity index (χ2v) is 4.12. The molecule has 4 heteroatoms. The number of allylic oxidation sites excluding steroid dienone is 1. The molecular formula is C12H22N2O2. The number of rotatable bonds is 6. The molecule has 4 nitrogen and oxygen atoms in total. The summed E-state index contributed by atoms with van der Waals surface area (Å²) in [5, 5.41) is 11.4. The van der Waals surface area contributed by atoms with Gasteiger partial charge < -0.3 is 10.4 Å². The van der Waals surface area contributed by atoms with Gasteiger partial charge in [0.1, 0.15) is 5.84 Å². The molecule has 0 aliphatic heterocycles. The van der Waals surface area contributed by atoms with Crippen molar-refractivity contribution in [3.63, 3.8) is 0 Å². The van der Waals surface area contributed by atoms with E-state index in [0.717, 1.165) is 25.0 Å². The summed E-state index contributed by atoms with van der Waals surface area (Å²) >= 11 is 0. The second kappa shape index (κ2) is 8.05. The van der Waals surface area contributed by atoms with Crippen molar-refractivity contribution in [2.75, 3.05) is 6.61 Å². The second-order valence-electron chi connectivity index (χ2n) is 4.12. The zero-order chi connectivity index (χ0) is 12.6. The normalized spacial score (nSPS) is 13.4. The van der Waals surface area contributed by atoms with Crippen LogP contribution in [0.25, 0.3) is 0 Å². The molecule has 2 N–H and O–H groups in total. The number of amidine groups is 1. The van der Waals surface area contributed by atoms with E-state index in [1.165, 1.54) is 6.92 Å². The summed E-state index contributed by atoms with van der Waals surface area (Å²) in [4.78, 5) is 14.9. The van der Waals surface area contributed by atoms with Crippen LogP contribution in [0.5, 0.6) is 0 Å². The van der Waals surface area contributed by atoms with Crippen molar-refractivity contribution in [2.24, 2.45) is 10.9 Å². The number of nitrogens with one attached hydrogen (secondary N) is 1. The number of carbonyl (C=O) groups is 1. The summed E-state index contributed by atoms with van der Waals surface area (Å²) in [5.41, 5.74) is 0.761. The molecule has 0 aromatic carbocycles. The first-order chi connectivity index (χ1) is 7.45. The fourth-order valence-corrected chi connectivity index (χ4v) is 1.32. The van der Waals surface area contributed by atoms with Crippen molar-refractivity contribution in [2.45, 2.75) is 40.0 Å². The predicted octanol–water partition coefficient (Wildman–Crippen LogP) is 1.85. The maximum Gasteiger partial charge on any atom is 0.222 e. The Bertz CT molecular complexity index is 272. The quantitative estimate of drug-likeness (QED) is 0.536. The zero-order valence-electron chi connectivity index (χ0n) is 10.4. The smallest absolute Gasteiger partial charge is 0.222 e. The van der Waals surface area contributed by atoms with Gasteiger partial charge in [-0.15, -0.1) is 0 Å². The van der Waals surface area contributed by atoms with Gasteiger partial charge in [-0.3, -0.25) is 4.79 Å². The summed E-state index contributed by atoms with van der Waals surface area (Å²) in [7, 11) is 0. The van der Waals surface area contributed by atoms with Gasteiger partial charge in [0.15, 0.2) is 0 Å². The molecular weight excluding hydrogens is 204 g/mol. The Balaban J connectivity index is 3.85. The fourth-order valence-electron chi connectivity index (χ4n) is 1.32. The summed E-state index contributed by atoms with van der Waals surface area (Å²) in [6, 6.07) is 0. The van der Waals surface area contributed by atoms with Gasteiger partial charge in [0.25, 0.3) is 0 Å². The molecule has 0 aromatic heterocycles. The van der Waals surface area contributed by atoms with Crippen LogP contribution in [0.3, 0.4) is 0 Å². The van der Waals surface area contributed by atoms with Crippen molar-refractivity contribution in [1.82, 2.24) is 5.32 Å². The Kier molecular flexibility index (Phi) is 7.46. The Morgan fingerprint density at radius 2 is 2.12 bits per heavy atom. The number of hydrogen-bond donors (Lipinski definition) is 2. The first-order valence-corrected chi connectivity index (χ1v) is 5.57. The van der Waals surface area contributed by atoms with Crippen molar-refractivity contribution >= 4 is 11.7 Å². The fraction of sp³-hybridized carbons (Fsp3) is 0.667. The van der Waals surface area contributed by atoms with E-state index in [1.807, 2.05) is 6.92 Å². The third kappa shape index (κ3) is 8.17. The number of aliphatic hydroxyl groups is 1. The Morgan fingerprint density at radius 1 is 1.50 bits per heavy atom. The van der Waals surface area contributed by atoms with Crippen LogP contribution >= 0.6 is 0 Å². The predicted molar refractivity (Wildman–Crippen MR) is 66.2 cm³/mol. The highest BCUT2D eigenvalue weighted by atomic mass is 16.3. The van der Waals surface area contributed by atoms with Crippen LogP contribution in [0.4, 0.5) is 0 Å². The lowest BCUT2D eigenvalue weighted by Gasteiger charge is -2.07. The molecule has 0 aromatic rings. The van der Waals surface area contributed by atoms with Gasteiger partial charge in [0.05, 0.1) is 0 Å². The lowest BCUT2D eigenvalue weighted by atomic mass is 10.0. The number of aliphatic imine (C=N–C) groups is 1. The van der Waals surface area contributed by atoms with Gasteiger partial charge >= 0.3 is 0 Å². The molecule has 1 unspecified atom stereocenters. The van der Waals surface area contributed by atoms with E-state index in [-0.39, 0.29) is 12.5 Å². The SMILES string of the molecule is C=C(CCCC(C)CO)N=C(C)NC(C)=O. The largest absolute Gasteiger partial charge is 0.396 e. The first-order valence-electron chi connectivity index (χ1n) is 5.57. The van der Waals surface area contributed by atoms with Crippen molar-refractivity contribution < 1.29 is 9.90 Å². The van der Waals surface area contributed by atoms with E-state index < -0.39 is 0 Å². The van der Waals surface area contributed by atoms with E-state index in [0.29, 0.717) is 11.8 Å². The molecule has 0 spiro atoms. The zero-order valence-corrected chi connectivity index (χ0v) is 10.4. The van der Waals surface area contributed by atoms with Crippen LogP contribution in [0.2, 0.25) is 0 Å². The monoisotopic (exact) mass is 226 g/mol. The van der Waals surface area contributed by atoms with E-state index in [4.69, 9.17) is 5.11 Å². The van der Waals surface area contributed by atoms with E-state index in [1.54, 1.807) is 6.92 Å². The third-order valence-corrected chi connectivity index (χ3v) is 2.16. The van der Waals surface area contributed by atoms with Crippen molar-refractivity contribution in [1.29, 1.82) is 0 Å². The highest BCUT2D eigenvalue weighted by Crippen LogP contribution is 2.11.